The van der Waals surface area contributed by atoms with Gasteiger partial charge in [-0.05, 0) is 24.1 Å². The van der Waals surface area contributed by atoms with Crippen molar-refractivity contribution in [1.29, 1.82) is 0 Å². The third kappa shape index (κ3) is 6.90. The molecule has 0 aliphatic heterocycles. The van der Waals surface area contributed by atoms with Crippen LogP contribution in [0.15, 0.2) is 54.6 Å². The van der Waals surface area contributed by atoms with Gasteiger partial charge in [-0.15, -0.1) is 11.8 Å². The van der Waals surface area contributed by atoms with E-state index in [1.165, 1.54) is 5.56 Å². The maximum absolute atomic E-state index is 12.3. The first-order valence-corrected chi connectivity index (χ1v) is 9.64. The number of methoxy groups -OCH3 is 1. The van der Waals surface area contributed by atoms with E-state index in [0.717, 1.165) is 12.2 Å². The van der Waals surface area contributed by atoms with Crippen LogP contribution < -0.4 is 10.6 Å². The van der Waals surface area contributed by atoms with Crippen LogP contribution in [0.4, 0.5) is 5.69 Å². The predicted octanol–water partition coefficient (Wildman–Crippen LogP) is 3.32. The highest BCUT2D eigenvalue weighted by Crippen LogP contribution is 2.17. The summed E-state index contributed by atoms with van der Waals surface area (Å²) in [6.07, 6.45) is 0.743. The van der Waals surface area contributed by atoms with Crippen molar-refractivity contribution in [3.8, 4) is 0 Å². The van der Waals surface area contributed by atoms with Crippen molar-refractivity contribution >= 4 is 29.3 Å². The minimum atomic E-state index is -0.200. The van der Waals surface area contributed by atoms with E-state index in [1.807, 2.05) is 30.3 Å². The molecule has 138 valence electrons. The first-order valence-electron chi connectivity index (χ1n) is 8.48. The standard InChI is InChI=1S/C20H24N2O3S/c1-25-13-7-12-21-20(24)17-10-5-6-11-18(17)22-19(23)15-26-14-16-8-3-2-4-9-16/h2-6,8-11H,7,12-15H2,1H3,(H,21,24)(H,22,23). The molecule has 0 spiro atoms. The van der Waals surface area contributed by atoms with E-state index in [0.29, 0.717) is 30.2 Å². The third-order valence-electron chi connectivity index (χ3n) is 3.60. The minimum absolute atomic E-state index is 0.120. The fraction of sp³-hybridized carbons (Fsp3) is 0.300. The van der Waals surface area contributed by atoms with Gasteiger partial charge in [0, 0.05) is 26.0 Å². The van der Waals surface area contributed by atoms with Crippen molar-refractivity contribution in [2.45, 2.75) is 12.2 Å². The molecule has 0 aromatic heterocycles. The van der Waals surface area contributed by atoms with E-state index in [1.54, 1.807) is 43.1 Å². The Labute approximate surface area is 158 Å². The smallest absolute Gasteiger partial charge is 0.253 e. The first-order chi connectivity index (χ1) is 12.7. The molecule has 26 heavy (non-hydrogen) atoms. The number of benzene rings is 2. The third-order valence-corrected chi connectivity index (χ3v) is 4.61. The van der Waals surface area contributed by atoms with Crippen LogP contribution in [0.5, 0.6) is 0 Å². The lowest BCUT2D eigenvalue weighted by Gasteiger charge is -2.11. The Morgan fingerprint density at radius 1 is 1.04 bits per heavy atom. The Morgan fingerprint density at radius 2 is 1.77 bits per heavy atom. The van der Waals surface area contributed by atoms with Crippen LogP contribution in [-0.4, -0.2) is 37.8 Å². The molecule has 0 fully saturated rings. The number of hydrogen-bond donors (Lipinski definition) is 2. The summed E-state index contributed by atoms with van der Waals surface area (Å²) < 4.78 is 4.96. The van der Waals surface area contributed by atoms with Crippen LogP contribution in [0, 0.1) is 0 Å². The maximum atomic E-state index is 12.3. The molecule has 5 nitrogen and oxygen atoms in total. The van der Waals surface area contributed by atoms with Gasteiger partial charge in [0.05, 0.1) is 17.0 Å². The molecule has 0 saturated carbocycles. The number of nitrogens with one attached hydrogen (secondary N) is 2. The molecule has 0 aliphatic rings. The second kappa shape index (κ2) is 11.3. The van der Waals surface area contributed by atoms with Gasteiger partial charge in [-0.25, -0.2) is 0 Å². The maximum Gasteiger partial charge on any atom is 0.253 e. The van der Waals surface area contributed by atoms with Crippen LogP contribution in [-0.2, 0) is 15.3 Å². The monoisotopic (exact) mass is 372 g/mol. The zero-order valence-electron chi connectivity index (χ0n) is 14.9. The molecular weight excluding hydrogens is 348 g/mol. The largest absolute Gasteiger partial charge is 0.385 e. The van der Waals surface area contributed by atoms with Crippen molar-refractivity contribution < 1.29 is 14.3 Å². The molecule has 2 amide bonds. The van der Waals surface area contributed by atoms with E-state index < -0.39 is 0 Å². The normalized spacial score (nSPS) is 10.3. The number of carbonyl (C=O) groups excluding carboxylic acids is 2. The summed E-state index contributed by atoms with van der Waals surface area (Å²) in [6, 6.07) is 17.0. The lowest BCUT2D eigenvalue weighted by atomic mass is 10.1. The van der Waals surface area contributed by atoms with Crippen LogP contribution in [0.2, 0.25) is 0 Å². The highest BCUT2D eigenvalue weighted by atomic mass is 32.2. The van der Waals surface area contributed by atoms with Gasteiger partial charge in [0.15, 0.2) is 0 Å². The molecule has 0 atom stereocenters. The quantitative estimate of drug-likeness (QED) is 0.628. The van der Waals surface area contributed by atoms with Gasteiger partial charge in [-0.2, -0.15) is 0 Å². The van der Waals surface area contributed by atoms with E-state index >= 15 is 0 Å². The number of thioether (sulfide) groups is 1. The Hall–Kier alpha value is -2.31. The second-order valence-electron chi connectivity index (χ2n) is 5.67. The van der Waals surface area contributed by atoms with Gasteiger partial charge in [-0.3, -0.25) is 9.59 Å². The van der Waals surface area contributed by atoms with Crippen molar-refractivity contribution in [2.75, 3.05) is 31.3 Å². The van der Waals surface area contributed by atoms with Gasteiger partial charge in [0.2, 0.25) is 5.91 Å². The van der Waals surface area contributed by atoms with Gasteiger partial charge in [-0.1, -0.05) is 42.5 Å². The molecule has 2 aromatic carbocycles. The van der Waals surface area contributed by atoms with Crippen molar-refractivity contribution in [2.24, 2.45) is 0 Å². The van der Waals surface area contributed by atoms with E-state index in [9.17, 15) is 9.59 Å². The Balaban J connectivity index is 1.84. The van der Waals surface area contributed by atoms with Gasteiger partial charge in [0.1, 0.15) is 0 Å². The fourth-order valence-electron chi connectivity index (χ4n) is 2.33. The number of hydrogen-bond acceptors (Lipinski definition) is 4. The average Bonchev–Trinajstić information content (AvgIpc) is 2.66. The average molecular weight is 372 g/mol. The van der Waals surface area contributed by atoms with Gasteiger partial charge < -0.3 is 15.4 Å². The number of rotatable bonds is 10. The first kappa shape index (κ1) is 20.0. The molecule has 0 saturated heterocycles. The molecule has 2 aromatic rings. The van der Waals surface area contributed by atoms with Crippen molar-refractivity contribution in [1.82, 2.24) is 5.32 Å². The summed E-state index contributed by atoms with van der Waals surface area (Å²) in [6.45, 7) is 1.12. The molecule has 0 aliphatic carbocycles. The summed E-state index contributed by atoms with van der Waals surface area (Å²) >= 11 is 1.54. The number of ether oxygens (including phenoxy) is 1. The lowest BCUT2D eigenvalue weighted by molar-refractivity contribution is -0.113. The molecule has 2 N–H and O–H groups in total. The zero-order valence-corrected chi connectivity index (χ0v) is 15.7. The Kier molecular flexibility index (Phi) is 8.72. The summed E-state index contributed by atoms with van der Waals surface area (Å²) in [5, 5.41) is 5.67. The van der Waals surface area contributed by atoms with Gasteiger partial charge >= 0.3 is 0 Å². The van der Waals surface area contributed by atoms with Crippen molar-refractivity contribution in [3.05, 3.63) is 65.7 Å². The van der Waals surface area contributed by atoms with E-state index in [2.05, 4.69) is 10.6 Å². The number of amides is 2. The van der Waals surface area contributed by atoms with Crippen LogP contribution >= 0.6 is 11.8 Å². The number of carbonyl (C=O) groups is 2. The summed E-state index contributed by atoms with van der Waals surface area (Å²) in [4.78, 5) is 24.5. The highest BCUT2D eigenvalue weighted by Gasteiger charge is 2.12. The second-order valence-corrected chi connectivity index (χ2v) is 6.66. The zero-order chi connectivity index (χ0) is 18.6. The number of para-hydroxylation sites is 1. The molecule has 0 heterocycles. The Morgan fingerprint density at radius 3 is 2.54 bits per heavy atom. The van der Waals surface area contributed by atoms with Crippen molar-refractivity contribution in [3.63, 3.8) is 0 Å². The topological polar surface area (TPSA) is 67.4 Å². The van der Waals surface area contributed by atoms with Crippen LogP contribution in [0.3, 0.4) is 0 Å². The fourth-order valence-corrected chi connectivity index (χ4v) is 3.11. The lowest BCUT2D eigenvalue weighted by Crippen LogP contribution is -2.27. The predicted molar refractivity (Wildman–Crippen MR) is 107 cm³/mol. The highest BCUT2D eigenvalue weighted by molar-refractivity contribution is 7.99. The SMILES string of the molecule is COCCCNC(=O)c1ccccc1NC(=O)CSCc1ccccc1. The van der Waals surface area contributed by atoms with E-state index in [-0.39, 0.29) is 11.8 Å². The van der Waals surface area contributed by atoms with Gasteiger partial charge in [0.25, 0.3) is 5.91 Å². The molecule has 0 unspecified atom stereocenters. The molecular formula is C20H24N2O3S. The summed E-state index contributed by atoms with van der Waals surface area (Å²) in [7, 11) is 1.63. The van der Waals surface area contributed by atoms with Crippen LogP contribution in [0.25, 0.3) is 0 Å². The summed E-state index contributed by atoms with van der Waals surface area (Å²) in [5.74, 6) is 0.786. The molecule has 6 heteroatoms. The Bertz CT molecular complexity index is 707. The molecule has 2 rings (SSSR count). The van der Waals surface area contributed by atoms with Crippen LogP contribution in [0.1, 0.15) is 22.3 Å². The van der Waals surface area contributed by atoms with E-state index in [4.69, 9.17) is 4.74 Å². The molecule has 0 radical (unpaired) electrons. The molecule has 0 bridgehead atoms. The minimum Gasteiger partial charge on any atom is -0.385 e. The summed E-state index contributed by atoms with van der Waals surface area (Å²) in [5.41, 5.74) is 2.18. The number of anilines is 1.